The molecule has 14 heavy (non-hydrogen) atoms. The highest BCUT2D eigenvalue weighted by Crippen LogP contribution is 2.34. The number of sulfone groups is 1. The van der Waals surface area contributed by atoms with E-state index >= 15 is 0 Å². The van der Waals surface area contributed by atoms with Gasteiger partial charge in [-0.25, -0.2) is 8.42 Å². The largest absolute Gasteiger partial charge is 0.382 e. The zero-order valence-corrected chi connectivity index (χ0v) is 8.76. The van der Waals surface area contributed by atoms with Crippen molar-refractivity contribution in [1.29, 1.82) is 0 Å². The summed E-state index contributed by atoms with van der Waals surface area (Å²) in [6, 6.07) is 1.71. The van der Waals surface area contributed by atoms with Crippen LogP contribution in [0.25, 0.3) is 0 Å². The van der Waals surface area contributed by atoms with Gasteiger partial charge in [-0.3, -0.25) is 5.10 Å². The summed E-state index contributed by atoms with van der Waals surface area (Å²) in [7, 11) is -2.88. The summed E-state index contributed by atoms with van der Waals surface area (Å²) in [6.45, 7) is 1.92. The molecule has 0 spiro atoms. The van der Waals surface area contributed by atoms with Crippen molar-refractivity contribution in [3.63, 3.8) is 0 Å². The van der Waals surface area contributed by atoms with Crippen molar-refractivity contribution in [2.45, 2.75) is 18.8 Å². The molecule has 0 bridgehead atoms. The van der Waals surface area contributed by atoms with E-state index in [2.05, 4.69) is 10.2 Å². The number of aromatic nitrogens is 2. The molecule has 5 nitrogen and oxygen atoms in total. The number of H-pyrrole nitrogens is 1. The molecule has 0 amide bonds. The summed E-state index contributed by atoms with van der Waals surface area (Å²) in [5.41, 5.74) is 5.95. The summed E-state index contributed by atoms with van der Waals surface area (Å²) in [5, 5.41) is 6.60. The average Bonchev–Trinajstić information content (AvgIpc) is 2.57. The second kappa shape index (κ2) is 2.73. The fourth-order valence-electron chi connectivity index (χ4n) is 1.87. The molecule has 1 fully saturated rings. The molecular weight excluding hydrogens is 202 g/mol. The number of nitrogen functional groups attached to an aromatic ring is 1. The molecule has 1 aliphatic rings. The predicted octanol–water partition coefficient (Wildman–Crippen LogP) is 0.0681. The van der Waals surface area contributed by atoms with E-state index in [0.29, 0.717) is 12.2 Å². The van der Waals surface area contributed by atoms with Crippen LogP contribution in [0.2, 0.25) is 0 Å². The van der Waals surface area contributed by atoms with Crippen LogP contribution < -0.4 is 5.73 Å². The van der Waals surface area contributed by atoms with Gasteiger partial charge < -0.3 is 5.73 Å². The lowest BCUT2D eigenvalue weighted by atomic mass is 9.87. The van der Waals surface area contributed by atoms with Gasteiger partial charge in [-0.2, -0.15) is 5.10 Å². The van der Waals surface area contributed by atoms with Crippen molar-refractivity contribution in [2.24, 2.45) is 0 Å². The summed E-state index contributed by atoms with van der Waals surface area (Å²) in [4.78, 5) is 0. The minimum atomic E-state index is -2.88. The lowest BCUT2D eigenvalue weighted by Gasteiger charge is -2.19. The minimum Gasteiger partial charge on any atom is -0.382 e. The fraction of sp³-hybridized carbons (Fsp3) is 0.625. The SMILES string of the molecule is CC1(c2cc(N)n[nH]2)CCS(=O)(=O)C1. The molecule has 0 radical (unpaired) electrons. The molecule has 3 N–H and O–H groups in total. The lowest BCUT2D eigenvalue weighted by Crippen LogP contribution is -2.23. The first-order valence-electron chi connectivity index (χ1n) is 4.43. The minimum absolute atomic E-state index is 0.182. The quantitative estimate of drug-likeness (QED) is 0.693. The van der Waals surface area contributed by atoms with E-state index in [1.807, 2.05) is 6.92 Å². The van der Waals surface area contributed by atoms with Crippen LogP contribution in [-0.2, 0) is 15.3 Å². The smallest absolute Gasteiger partial charge is 0.151 e. The van der Waals surface area contributed by atoms with Crippen LogP contribution in [0, 0.1) is 0 Å². The van der Waals surface area contributed by atoms with Gasteiger partial charge in [0.05, 0.1) is 11.5 Å². The van der Waals surface area contributed by atoms with Crippen LogP contribution in [-0.4, -0.2) is 30.1 Å². The van der Waals surface area contributed by atoms with E-state index in [0.717, 1.165) is 5.69 Å². The number of hydrogen-bond donors (Lipinski definition) is 2. The highest BCUT2D eigenvalue weighted by Gasteiger charge is 2.40. The monoisotopic (exact) mass is 215 g/mol. The Kier molecular flexibility index (Phi) is 1.85. The number of anilines is 1. The van der Waals surface area contributed by atoms with Crippen molar-refractivity contribution in [1.82, 2.24) is 10.2 Å². The Balaban J connectivity index is 2.36. The summed E-state index contributed by atoms with van der Waals surface area (Å²) in [5.74, 6) is 0.842. The third kappa shape index (κ3) is 1.50. The van der Waals surface area contributed by atoms with Gasteiger partial charge in [-0.15, -0.1) is 0 Å². The zero-order valence-electron chi connectivity index (χ0n) is 7.95. The van der Waals surface area contributed by atoms with Crippen LogP contribution in [0.5, 0.6) is 0 Å². The molecule has 0 aromatic carbocycles. The van der Waals surface area contributed by atoms with Crippen LogP contribution in [0.15, 0.2) is 6.07 Å². The third-order valence-electron chi connectivity index (χ3n) is 2.75. The average molecular weight is 215 g/mol. The normalized spacial score (nSPS) is 30.6. The second-order valence-corrected chi connectivity index (χ2v) is 6.29. The number of rotatable bonds is 1. The van der Waals surface area contributed by atoms with Crippen LogP contribution in [0.1, 0.15) is 19.0 Å². The van der Waals surface area contributed by atoms with Gasteiger partial charge in [-0.05, 0) is 6.42 Å². The van der Waals surface area contributed by atoms with Crippen molar-refractivity contribution in [2.75, 3.05) is 17.2 Å². The van der Waals surface area contributed by atoms with Gasteiger partial charge in [0.15, 0.2) is 9.84 Å². The molecular formula is C8H13N3O2S. The molecule has 1 saturated heterocycles. The maximum absolute atomic E-state index is 11.4. The lowest BCUT2D eigenvalue weighted by molar-refractivity contribution is 0.518. The van der Waals surface area contributed by atoms with Gasteiger partial charge >= 0.3 is 0 Å². The number of aromatic amines is 1. The van der Waals surface area contributed by atoms with E-state index < -0.39 is 9.84 Å². The van der Waals surface area contributed by atoms with Crippen molar-refractivity contribution >= 4 is 15.7 Å². The van der Waals surface area contributed by atoms with E-state index in [-0.39, 0.29) is 16.9 Å². The van der Waals surface area contributed by atoms with Gasteiger partial charge in [0, 0.05) is 17.2 Å². The molecule has 1 aliphatic heterocycles. The Morgan fingerprint density at radius 2 is 2.36 bits per heavy atom. The molecule has 1 aromatic heterocycles. The Morgan fingerprint density at radius 3 is 2.79 bits per heavy atom. The van der Waals surface area contributed by atoms with E-state index in [1.165, 1.54) is 0 Å². The first kappa shape index (κ1) is 9.51. The highest BCUT2D eigenvalue weighted by atomic mass is 32.2. The van der Waals surface area contributed by atoms with Crippen molar-refractivity contribution in [3.8, 4) is 0 Å². The molecule has 78 valence electrons. The van der Waals surface area contributed by atoms with Gasteiger partial charge in [0.1, 0.15) is 5.82 Å². The Morgan fingerprint density at radius 1 is 1.64 bits per heavy atom. The summed E-state index contributed by atoms with van der Waals surface area (Å²) in [6.07, 6.45) is 0.636. The zero-order chi connectivity index (χ0) is 10.4. The number of nitrogens with one attached hydrogen (secondary N) is 1. The third-order valence-corrected chi connectivity index (χ3v) is 4.65. The van der Waals surface area contributed by atoms with Crippen molar-refractivity contribution in [3.05, 3.63) is 11.8 Å². The van der Waals surface area contributed by atoms with E-state index in [9.17, 15) is 8.42 Å². The summed E-state index contributed by atoms with van der Waals surface area (Å²) >= 11 is 0. The Bertz CT molecular complexity index is 451. The van der Waals surface area contributed by atoms with E-state index in [1.54, 1.807) is 6.07 Å². The Labute approximate surface area is 82.6 Å². The van der Waals surface area contributed by atoms with Crippen LogP contribution in [0.3, 0.4) is 0 Å². The molecule has 6 heteroatoms. The molecule has 2 rings (SSSR count). The second-order valence-electron chi connectivity index (χ2n) is 4.11. The number of nitrogens with two attached hydrogens (primary N) is 1. The predicted molar refractivity (Wildman–Crippen MR) is 53.6 cm³/mol. The molecule has 0 aliphatic carbocycles. The fourth-order valence-corrected chi connectivity index (χ4v) is 4.05. The number of nitrogens with zero attached hydrogens (tertiary/aromatic N) is 1. The Hall–Kier alpha value is -1.04. The first-order valence-corrected chi connectivity index (χ1v) is 6.25. The van der Waals surface area contributed by atoms with Gasteiger partial charge in [0.25, 0.3) is 0 Å². The van der Waals surface area contributed by atoms with Crippen LogP contribution >= 0.6 is 0 Å². The first-order chi connectivity index (χ1) is 6.41. The molecule has 2 heterocycles. The maximum Gasteiger partial charge on any atom is 0.151 e. The van der Waals surface area contributed by atoms with Crippen molar-refractivity contribution < 1.29 is 8.42 Å². The molecule has 1 aromatic rings. The molecule has 0 saturated carbocycles. The van der Waals surface area contributed by atoms with E-state index in [4.69, 9.17) is 5.73 Å². The molecule has 1 atom stereocenters. The van der Waals surface area contributed by atoms with Gasteiger partial charge in [-0.1, -0.05) is 6.92 Å². The highest BCUT2D eigenvalue weighted by molar-refractivity contribution is 7.91. The summed E-state index contributed by atoms with van der Waals surface area (Å²) < 4.78 is 22.7. The maximum atomic E-state index is 11.4. The molecule has 1 unspecified atom stereocenters. The number of hydrogen-bond acceptors (Lipinski definition) is 4. The standard InChI is InChI=1S/C8H13N3O2S/c1-8(2-3-14(12,13)5-8)6-4-7(9)11-10-6/h4H,2-3,5H2,1H3,(H3,9,10,11). The van der Waals surface area contributed by atoms with Gasteiger partial charge in [0.2, 0.25) is 0 Å². The topological polar surface area (TPSA) is 88.8 Å². The van der Waals surface area contributed by atoms with Crippen LogP contribution in [0.4, 0.5) is 5.82 Å².